The standard InChI is InChI=1S/C49H69N3O4S/c1-4-6-7-8-9-10-11-12-13-14-15-16-17-18-19-22-32-57(54)47-34-39-33-46(52(47)36-37(39)5-2)48(42-30-31-50-44-29-28-40(55-3)35-43(42)44)56-49(53)51-45-27-23-25-38-24-20-21-26-41(38)45/h5,20-21,23-30,35,37,39,46-48,50H,2,4,6-19,22,31-34,36H2,1,3H3,(H,51,53)/t37-,39?,46-,47?,48+,57?/m0/s1. The van der Waals surface area contributed by atoms with Crippen molar-refractivity contribution in [3.05, 3.63) is 85.0 Å². The zero-order valence-electron chi connectivity index (χ0n) is 34.9. The first-order valence-corrected chi connectivity index (χ1v) is 23.7. The average molecular weight is 796 g/mol. The molecule has 2 bridgehead atoms. The lowest BCUT2D eigenvalue weighted by Gasteiger charge is -2.55. The minimum absolute atomic E-state index is 0.0689. The number of piperidine rings is 3. The number of anilines is 2. The molecule has 4 aliphatic heterocycles. The Morgan fingerprint density at radius 3 is 2.23 bits per heavy atom. The van der Waals surface area contributed by atoms with E-state index in [4.69, 9.17) is 9.47 Å². The molecule has 0 radical (unpaired) electrons. The predicted molar refractivity (Wildman–Crippen MR) is 241 cm³/mol. The fourth-order valence-electron chi connectivity index (χ4n) is 9.53. The van der Waals surface area contributed by atoms with E-state index >= 15 is 0 Å². The van der Waals surface area contributed by atoms with Crippen LogP contribution < -0.4 is 15.4 Å². The lowest BCUT2D eigenvalue weighted by atomic mass is 9.72. The first-order valence-electron chi connectivity index (χ1n) is 22.3. The summed E-state index contributed by atoms with van der Waals surface area (Å²) in [5.41, 5.74) is 3.64. The number of hydrogen-bond acceptors (Lipinski definition) is 6. The highest BCUT2D eigenvalue weighted by Crippen LogP contribution is 2.46. The number of carbonyl (C=O) groups excluding carboxylic acids is 1. The van der Waals surface area contributed by atoms with Crippen molar-refractivity contribution in [2.75, 3.05) is 36.6 Å². The summed E-state index contributed by atoms with van der Waals surface area (Å²) in [5, 5.41) is 8.52. The molecule has 57 heavy (non-hydrogen) atoms. The SMILES string of the molecule is C=C[C@H]1CN2C(S(=O)CCCCCCCCCCCCCCCCCC)CC1C[C@H]2[C@H](OC(=O)Nc1cccc2ccccc12)C1=CCNc2ccc(OC)cc21. The van der Waals surface area contributed by atoms with Gasteiger partial charge in [0, 0.05) is 51.9 Å². The van der Waals surface area contributed by atoms with Gasteiger partial charge in [-0.1, -0.05) is 152 Å². The fraction of sp³-hybridized carbons (Fsp3) is 0.571. The van der Waals surface area contributed by atoms with Gasteiger partial charge in [-0.2, -0.15) is 0 Å². The third-order valence-corrected chi connectivity index (χ3v) is 14.5. The minimum Gasteiger partial charge on any atom is -0.497 e. The number of hydrogen-bond donors (Lipinski definition) is 2. The lowest BCUT2D eigenvalue weighted by Crippen LogP contribution is -2.63. The van der Waals surface area contributed by atoms with E-state index in [2.05, 4.69) is 41.2 Å². The van der Waals surface area contributed by atoms with Crippen molar-refractivity contribution in [1.82, 2.24) is 4.90 Å². The van der Waals surface area contributed by atoms with Crippen LogP contribution in [0.5, 0.6) is 5.75 Å². The van der Waals surface area contributed by atoms with Crippen LogP contribution >= 0.6 is 0 Å². The van der Waals surface area contributed by atoms with Gasteiger partial charge in [-0.15, -0.1) is 6.58 Å². The van der Waals surface area contributed by atoms with Crippen molar-refractivity contribution < 1.29 is 18.5 Å². The number of rotatable bonds is 24. The van der Waals surface area contributed by atoms with E-state index in [-0.39, 0.29) is 11.4 Å². The molecule has 8 heteroatoms. The molecule has 4 unspecified atom stereocenters. The van der Waals surface area contributed by atoms with Crippen LogP contribution in [-0.2, 0) is 15.5 Å². The highest BCUT2D eigenvalue weighted by Gasteiger charge is 2.50. The summed E-state index contributed by atoms with van der Waals surface area (Å²) < 4.78 is 26.5. The van der Waals surface area contributed by atoms with Crippen LogP contribution in [0.4, 0.5) is 16.2 Å². The quantitative estimate of drug-likeness (QED) is 0.0694. The second-order valence-corrected chi connectivity index (χ2v) is 18.4. The Hall–Kier alpha value is -3.62. The molecule has 3 fully saturated rings. The highest BCUT2D eigenvalue weighted by atomic mass is 32.2. The van der Waals surface area contributed by atoms with Gasteiger partial charge in [-0.3, -0.25) is 14.4 Å². The highest BCUT2D eigenvalue weighted by molar-refractivity contribution is 7.85. The van der Waals surface area contributed by atoms with Crippen LogP contribution in [0.3, 0.4) is 0 Å². The first kappa shape index (κ1) is 43.0. The van der Waals surface area contributed by atoms with E-state index in [0.29, 0.717) is 24.1 Å². The van der Waals surface area contributed by atoms with Crippen molar-refractivity contribution in [2.45, 2.75) is 140 Å². The van der Waals surface area contributed by atoms with Gasteiger partial charge in [0.2, 0.25) is 0 Å². The zero-order valence-corrected chi connectivity index (χ0v) is 35.7. The van der Waals surface area contributed by atoms with Crippen LogP contribution in [0.15, 0.2) is 79.4 Å². The molecule has 7 nitrogen and oxygen atoms in total. The summed E-state index contributed by atoms with van der Waals surface area (Å²) >= 11 is 0. The van der Waals surface area contributed by atoms with E-state index in [0.717, 1.165) is 71.3 Å². The molecule has 1 amide bonds. The molecule has 0 spiro atoms. The fourth-order valence-corrected chi connectivity index (χ4v) is 11.3. The molecule has 4 aliphatic rings. The number of nitrogens with zero attached hydrogens (tertiary/aromatic N) is 1. The maximum Gasteiger partial charge on any atom is 0.412 e. The van der Waals surface area contributed by atoms with Crippen LogP contribution in [0.1, 0.15) is 128 Å². The molecule has 2 N–H and O–H groups in total. The summed E-state index contributed by atoms with van der Waals surface area (Å²) in [6.45, 7) is 7.88. The zero-order chi connectivity index (χ0) is 39.8. The normalized spacial score (nSPS) is 22.2. The molecule has 3 aromatic carbocycles. The Bertz CT molecular complexity index is 1790. The maximum atomic E-state index is 14.2. The molecular weight excluding hydrogens is 727 g/mol. The van der Waals surface area contributed by atoms with E-state index in [1.54, 1.807) is 7.11 Å². The number of carbonyl (C=O) groups is 1. The third kappa shape index (κ3) is 11.7. The Kier molecular flexibility index (Phi) is 17.0. The number of benzene rings is 3. The van der Waals surface area contributed by atoms with Crippen LogP contribution in [-0.4, -0.2) is 58.7 Å². The smallest absolute Gasteiger partial charge is 0.412 e. The first-order chi connectivity index (χ1) is 28.0. The summed E-state index contributed by atoms with van der Waals surface area (Å²) in [5.74, 6) is 2.12. The number of methoxy groups -OCH3 is 1. The summed E-state index contributed by atoms with van der Waals surface area (Å²) in [4.78, 5) is 16.4. The number of unbranched alkanes of at least 4 members (excludes halogenated alkanes) is 15. The molecule has 3 saturated heterocycles. The molecule has 7 rings (SSSR count). The summed E-state index contributed by atoms with van der Waals surface area (Å²) in [6, 6.07) is 19.8. The number of amides is 1. The van der Waals surface area contributed by atoms with Gasteiger partial charge in [0.15, 0.2) is 0 Å². The Labute approximate surface area is 345 Å². The van der Waals surface area contributed by atoms with Crippen LogP contribution in [0.2, 0.25) is 0 Å². The van der Waals surface area contributed by atoms with Crippen molar-refractivity contribution in [1.29, 1.82) is 0 Å². The molecule has 310 valence electrons. The van der Waals surface area contributed by atoms with E-state index < -0.39 is 23.0 Å². The second kappa shape index (κ2) is 22.5. The van der Waals surface area contributed by atoms with Gasteiger partial charge in [-0.05, 0) is 60.7 Å². The Morgan fingerprint density at radius 2 is 1.56 bits per heavy atom. The van der Waals surface area contributed by atoms with Gasteiger partial charge >= 0.3 is 6.09 Å². The molecule has 3 aromatic rings. The van der Waals surface area contributed by atoms with Crippen LogP contribution in [0.25, 0.3) is 16.3 Å². The topological polar surface area (TPSA) is 79.9 Å². The summed E-state index contributed by atoms with van der Waals surface area (Å²) in [6.07, 6.45) is 26.1. The van der Waals surface area contributed by atoms with Gasteiger partial charge in [-0.25, -0.2) is 4.79 Å². The Morgan fingerprint density at radius 1 is 0.895 bits per heavy atom. The monoisotopic (exact) mass is 796 g/mol. The summed E-state index contributed by atoms with van der Waals surface area (Å²) in [7, 11) is 0.665. The Balaban J connectivity index is 1.06. The largest absolute Gasteiger partial charge is 0.497 e. The maximum absolute atomic E-state index is 14.2. The van der Waals surface area contributed by atoms with Crippen molar-refractivity contribution in [3.63, 3.8) is 0 Å². The third-order valence-electron chi connectivity index (χ3n) is 12.7. The molecule has 4 heterocycles. The number of nitrogens with one attached hydrogen (secondary N) is 2. The van der Waals surface area contributed by atoms with Gasteiger partial charge < -0.3 is 14.8 Å². The molecule has 0 saturated carbocycles. The van der Waals surface area contributed by atoms with E-state index in [9.17, 15) is 9.00 Å². The lowest BCUT2D eigenvalue weighted by molar-refractivity contribution is -0.0401. The predicted octanol–water partition coefficient (Wildman–Crippen LogP) is 12.5. The molecule has 0 aromatic heterocycles. The van der Waals surface area contributed by atoms with Crippen molar-refractivity contribution >= 4 is 44.6 Å². The van der Waals surface area contributed by atoms with Gasteiger partial charge in [0.25, 0.3) is 0 Å². The second-order valence-electron chi connectivity index (χ2n) is 16.7. The molecule has 0 aliphatic carbocycles. The number of fused-ring (bicyclic) bond motifs is 5. The minimum atomic E-state index is -1.01. The van der Waals surface area contributed by atoms with E-state index in [1.807, 2.05) is 60.7 Å². The number of ether oxygens (including phenoxy) is 2. The molecular formula is C49H69N3O4S. The van der Waals surface area contributed by atoms with Crippen molar-refractivity contribution in [3.8, 4) is 5.75 Å². The van der Waals surface area contributed by atoms with Crippen LogP contribution in [0, 0.1) is 11.8 Å². The van der Waals surface area contributed by atoms with Gasteiger partial charge in [0.1, 0.15) is 11.9 Å². The van der Waals surface area contributed by atoms with Crippen molar-refractivity contribution in [2.24, 2.45) is 11.8 Å². The van der Waals surface area contributed by atoms with E-state index in [1.165, 1.54) is 89.9 Å². The van der Waals surface area contributed by atoms with Gasteiger partial charge in [0.05, 0.1) is 24.2 Å². The average Bonchev–Trinajstić information content (AvgIpc) is 3.24. The molecule has 7 atom stereocenters.